The van der Waals surface area contributed by atoms with E-state index in [2.05, 4.69) is 26.1 Å². The summed E-state index contributed by atoms with van der Waals surface area (Å²) < 4.78 is 1.98. The fourth-order valence-electron chi connectivity index (χ4n) is 5.69. The smallest absolute Gasteiger partial charge is 0.276 e. The van der Waals surface area contributed by atoms with E-state index in [0.29, 0.717) is 22.9 Å². The number of anilines is 1. The number of hydrogen-bond acceptors (Lipinski definition) is 4. The van der Waals surface area contributed by atoms with E-state index in [1.165, 1.54) is 5.69 Å². The molecule has 164 valence electrons. The molecule has 3 N–H and O–H groups in total. The summed E-state index contributed by atoms with van der Waals surface area (Å²) in [5.74, 6) is -0.0557. The van der Waals surface area contributed by atoms with Gasteiger partial charge in [0, 0.05) is 22.2 Å². The van der Waals surface area contributed by atoms with Crippen LogP contribution in [0.15, 0.2) is 54.6 Å². The van der Waals surface area contributed by atoms with Crippen LogP contribution in [0.5, 0.6) is 0 Å². The van der Waals surface area contributed by atoms with Crippen LogP contribution < -0.4 is 11.1 Å². The number of aromatic nitrogens is 2. The van der Waals surface area contributed by atoms with E-state index in [9.17, 15) is 9.59 Å². The third-order valence-electron chi connectivity index (χ3n) is 7.89. The molecular formula is C26H28N4O2. The van der Waals surface area contributed by atoms with Crippen molar-refractivity contribution in [2.24, 2.45) is 11.1 Å². The van der Waals surface area contributed by atoms with Crippen molar-refractivity contribution in [1.82, 2.24) is 9.78 Å². The highest BCUT2D eigenvalue weighted by Crippen LogP contribution is 2.68. The van der Waals surface area contributed by atoms with E-state index in [1.807, 2.05) is 35.0 Å². The molecule has 32 heavy (non-hydrogen) atoms. The van der Waals surface area contributed by atoms with Crippen molar-refractivity contribution in [3.8, 4) is 5.69 Å². The van der Waals surface area contributed by atoms with Gasteiger partial charge in [0.1, 0.15) is 0 Å². The second-order valence-electron chi connectivity index (χ2n) is 9.66. The Hall–Kier alpha value is -3.25. The molecular weight excluding hydrogens is 400 g/mol. The summed E-state index contributed by atoms with van der Waals surface area (Å²) in [7, 11) is 0. The number of nitrogens with zero attached hydrogens (tertiary/aromatic N) is 2. The van der Waals surface area contributed by atoms with Gasteiger partial charge in [-0.05, 0) is 60.6 Å². The lowest BCUT2D eigenvalue weighted by atomic mass is 9.70. The predicted molar refractivity (Wildman–Crippen MR) is 124 cm³/mol. The van der Waals surface area contributed by atoms with Crippen LogP contribution in [0, 0.1) is 5.41 Å². The molecule has 1 aromatic heterocycles. The maximum atomic E-state index is 13.4. The Kier molecular flexibility index (Phi) is 4.60. The highest BCUT2D eigenvalue weighted by atomic mass is 16.2. The van der Waals surface area contributed by atoms with Crippen LogP contribution in [0.25, 0.3) is 5.69 Å². The number of nitrogens with two attached hydrogens (primary N) is 1. The molecule has 1 saturated carbocycles. The minimum atomic E-state index is -0.221. The van der Waals surface area contributed by atoms with Crippen molar-refractivity contribution in [3.05, 3.63) is 77.1 Å². The van der Waals surface area contributed by atoms with Gasteiger partial charge >= 0.3 is 0 Å². The first-order chi connectivity index (χ1) is 15.3. The van der Waals surface area contributed by atoms with E-state index in [4.69, 9.17) is 10.8 Å². The van der Waals surface area contributed by atoms with Crippen LogP contribution in [-0.4, -0.2) is 28.0 Å². The zero-order valence-electron chi connectivity index (χ0n) is 18.7. The number of hydrogen-bond donors (Lipinski definition) is 2. The molecule has 0 saturated heterocycles. The lowest BCUT2D eigenvalue weighted by Gasteiger charge is -2.35. The second kappa shape index (κ2) is 7.14. The molecule has 2 aromatic carbocycles. The van der Waals surface area contributed by atoms with Gasteiger partial charge in [0.2, 0.25) is 0 Å². The van der Waals surface area contributed by atoms with Gasteiger partial charge in [-0.15, -0.1) is 0 Å². The highest BCUT2D eigenvalue weighted by Gasteiger charge is 2.63. The van der Waals surface area contributed by atoms with Gasteiger partial charge in [-0.25, -0.2) is 4.68 Å². The number of benzene rings is 2. The van der Waals surface area contributed by atoms with Gasteiger partial charge < -0.3 is 11.1 Å². The van der Waals surface area contributed by atoms with Gasteiger partial charge in [0.05, 0.1) is 17.9 Å². The fraction of sp³-hybridized carbons (Fsp3) is 0.346. The Bertz CT molecular complexity index is 1210. The highest BCUT2D eigenvalue weighted by molar-refractivity contribution is 6.05. The third-order valence-corrected chi connectivity index (χ3v) is 7.89. The lowest BCUT2D eigenvalue weighted by molar-refractivity contribution is 0.0998. The predicted octanol–water partition coefficient (Wildman–Crippen LogP) is 4.44. The minimum absolute atomic E-state index is 0.0370. The largest absolute Gasteiger partial charge is 0.324 e. The Morgan fingerprint density at radius 1 is 1.09 bits per heavy atom. The van der Waals surface area contributed by atoms with Crippen LogP contribution in [0.3, 0.4) is 0 Å². The van der Waals surface area contributed by atoms with Crippen molar-refractivity contribution in [2.75, 3.05) is 11.9 Å². The second-order valence-corrected chi connectivity index (χ2v) is 9.66. The van der Waals surface area contributed by atoms with Crippen molar-refractivity contribution in [1.29, 1.82) is 0 Å². The number of amides is 1. The number of carbonyl (C=O) groups excluding carboxylic acids is 2. The van der Waals surface area contributed by atoms with Gasteiger partial charge in [0.25, 0.3) is 5.91 Å². The normalized spacial score (nSPS) is 22.6. The lowest BCUT2D eigenvalue weighted by Crippen LogP contribution is -2.33. The van der Waals surface area contributed by atoms with E-state index < -0.39 is 0 Å². The SMILES string of the molecule is CC12CCC(c3c(C(=O)Nc4ccc(C(=O)CN)cc4)nn(-c4ccccc4)c31)C2(C)C. The number of carbonyl (C=O) groups is 2. The molecule has 0 spiro atoms. The first-order valence-electron chi connectivity index (χ1n) is 11.1. The molecule has 0 radical (unpaired) electrons. The molecule has 0 aliphatic heterocycles. The molecule has 2 aliphatic carbocycles. The summed E-state index contributed by atoms with van der Waals surface area (Å²) in [5.41, 5.74) is 10.3. The van der Waals surface area contributed by atoms with Crippen molar-refractivity contribution in [3.63, 3.8) is 0 Å². The summed E-state index contributed by atoms with van der Waals surface area (Å²) in [6.45, 7) is 6.91. The zero-order chi connectivity index (χ0) is 22.7. The standard InChI is InChI=1S/C26H28N4O2/c1-25(2)19-13-14-26(25,3)23-21(19)22(29-30(23)18-7-5-4-6-8-18)24(32)28-17-11-9-16(10-12-17)20(31)15-27/h4-12,19H,13-15,27H2,1-3H3,(H,28,32). The molecule has 1 fully saturated rings. The van der Waals surface area contributed by atoms with Crippen LogP contribution in [-0.2, 0) is 5.41 Å². The number of nitrogens with one attached hydrogen (secondary N) is 1. The van der Waals surface area contributed by atoms with Gasteiger partial charge in [-0.2, -0.15) is 5.10 Å². The third kappa shape index (κ3) is 2.79. The fourth-order valence-corrected chi connectivity index (χ4v) is 5.69. The molecule has 2 aliphatic rings. The maximum Gasteiger partial charge on any atom is 0.276 e. The number of Topliss-reactive ketones (excluding diaryl/α,β-unsaturated/α-hetero) is 1. The van der Waals surface area contributed by atoms with Crippen LogP contribution >= 0.6 is 0 Å². The Morgan fingerprint density at radius 2 is 1.78 bits per heavy atom. The number of fused-ring (bicyclic) bond motifs is 5. The maximum absolute atomic E-state index is 13.4. The van der Waals surface area contributed by atoms with E-state index >= 15 is 0 Å². The van der Waals surface area contributed by atoms with Gasteiger partial charge in [0.15, 0.2) is 11.5 Å². The molecule has 6 nitrogen and oxygen atoms in total. The van der Waals surface area contributed by atoms with E-state index in [1.54, 1.807) is 24.3 Å². The number of ketones is 1. The molecule has 6 heteroatoms. The van der Waals surface area contributed by atoms with E-state index in [0.717, 1.165) is 24.1 Å². The number of rotatable bonds is 5. The van der Waals surface area contributed by atoms with E-state index in [-0.39, 0.29) is 29.1 Å². The Balaban J connectivity index is 1.56. The molecule has 2 atom stereocenters. The van der Waals surface area contributed by atoms with Gasteiger partial charge in [-0.1, -0.05) is 39.0 Å². The molecule has 5 rings (SSSR count). The average Bonchev–Trinajstić information content (AvgIpc) is 3.36. The molecule has 3 aromatic rings. The molecule has 1 amide bonds. The monoisotopic (exact) mass is 428 g/mol. The average molecular weight is 429 g/mol. The molecule has 2 bridgehead atoms. The van der Waals surface area contributed by atoms with Crippen molar-refractivity contribution >= 4 is 17.4 Å². The summed E-state index contributed by atoms with van der Waals surface area (Å²) in [6, 6.07) is 16.9. The van der Waals surface area contributed by atoms with Crippen LogP contribution in [0.1, 0.15) is 71.6 Å². The summed E-state index contributed by atoms with van der Waals surface area (Å²) in [5, 5.41) is 7.82. The van der Waals surface area contributed by atoms with Crippen molar-refractivity contribution in [2.45, 2.75) is 44.9 Å². The van der Waals surface area contributed by atoms with Gasteiger partial charge in [-0.3, -0.25) is 9.59 Å². The molecule has 1 heterocycles. The Morgan fingerprint density at radius 3 is 2.44 bits per heavy atom. The molecule has 2 unspecified atom stereocenters. The topological polar surface area (TPSA) is 90.0 Å². The summed E-state index contributed by atoms with van der Waals surface area (Å²) >= 11 is 0. The zero-order valence-corrected chi connectivity index (χ0v) is 18.7. The van der Waals surface area contributed by atoms with Crippen LogP contribution in [0.4, 0.5) is 5.69 Å². The van der Waals surface area contributed by atoms with Crippen molar-refractivity contribution < 1.29 is 9.59 Å². The quantitative estimate of drug-likeness (QED) is 0.588. The minimum Gasteiger partial charge on any atom is -0.324 e. The van der Waals surface area contributed by atoms with Crippen LogP contribution in [0.2, 0.25) is 0 Å². The summed E-state index contributed by atoms with van der Waals surface area (Å²) in [6.07, 6.45) is 2.15. The first-order valence-corrected chi connectivity index (χ1v) is 11.1. The Labute approximate surface area is 187 Å². The summed E-state index contributed by atoms with van der Waals surface area (Å²) in [4.78, 5) is 25.2. The number of para-hydroxylation sites is 1. The first kappa shape index (κ1) is 20.6.